The number of nitrogens with one attached hydrogen (secondary N) is 1. The van der Waals surface area contributed by atoms with Crippen LogP contribution in [0.2, 0.25) is 0 Å². The second kappa shape index (κ2) is 7.27. The van der Waals surface area contributed by atoms with Crippen molar-refractivity contribution in [3.8, 4) is 0 Å². The number of amides is 1. The number of nitrogens with zero attached hydrogens (tertiary/aromatic N) is 1. The third kappa shape index (κ3) is 4.39. The second-order valence-corrected chi connectivity index (χ2v) is 8.34. The lowest BCUT2D eigenvalue weighted by molar-refractivity contribution is -0.116. The van der Waals surface area contributed by atoms with Gasteiger partial charge in [-0.1, -0.05) is 35.9 Å². The van der Waals surface area contributed by atoms with Gasteiger partial charge in [0.05, 0.1) is 11.4 Å². The number of hydrogen-bond acceptors (Lipinski definition) is 3. The Balaban J connectivity index is 1.62. The van der Waals surface area contributed by atoms with Crippen LogP contribution in [0.3, 0.4) is 0 Å². The fourth-order valence-corrected chi connectivity index (χ4v) is 4.46. The molecule has 1 saturated heterocycles. The van der Waals surface area contributed by atoms with Crippen molar-refractivity contribution in [3.63, 3.8) is 0 Å². The smallest absolute Gasteiger partial charge is 0.235 e. The molecule has 0 radical (unpaired) electrons. The molecule has 1 heterocycles. The summed E-state index contributed by atoms with van der Waals surface area (Å²) < 4.78 is 25.4. The van der Waals surface area contributed by atoms with Crippen LogP contribution in [-0.2, 0) is 21.2 Å². The summed E-state index contributed by atoms with van der Waals surface area (Å²) in [6.07, 6.45) is 1.69. The Hall–Kier alpha value is -2.34. The first-order valence-corrected chi connectivity index (χ1v) is 10.0. The highest BCUT2D eigenvalue weighted by Crippen LogP contribution is 2.26. The number of carbonyl (C=O) groups excluding carboxylic acids is 1. The van der Waals surface area contributed by atoms with Gasteiger partial charge in [-0.05, 0) is 43.5 Å². The van der Waals surface area contributed by atoms with Crippen molar-refractivity contribution < 1.29 is 13.2 Å². The summed E-state index contributed by atoms with van der Waals surface area (Å²) in [5, 5.41) is 2.85. The summed E-state index contributed by atoms with van der Waals surface area (Å²) in [6, 6.07) is 15.1. The normalized spacial score (nSPS) is 16.0. The summed E-state index contributed by atoms with van der Waals surface area (Å²) in [5.74, 6) is 0.0992. The number of aryl methyl sites for hydroxylation is 2. The Labute approximate surface area is 148 Å². The first kappa shape index (κ1) is 17.5. The van der Waals surface area contributed by atoms with Gasteiger partial charge in [-0.25, -0.2) is 8.42 Å². The van der Waals surface area contributed by atoms with E-state index in [1.165, 1.54) is 9.87 Å². The maximum atomic E-state index is 12.2. The molecule has 3 rings (SSSR count). The molecule has 1 N–H and O–H groups in total. The van der Waals surface area contributed by atoms with E-state index in [1.807, 2.05) is 31.2 Å². The molecule has 1 fully saturated rings. The molecule has 132 valence electrons. The van der Waals surface area contributed by atoms with Crippen molar-refractivity contribution in [3.05, 3.63) is 59.7 Å². The Morgan fingerprint density at radius 3 is 2.60 bits per heavy atom. The summed E-state index contributed by atoms with van der Waals surface area (Å²) in [5.41, 5.74) is 3.54. The zero-order valence-corrected chi connectivity index (χ0v) is 15.1. The molecule has 0 aliphatic carbocycles. The van der Waals surface area contributed by atoms with E-state index in [1.54, 1.807) is 24.3 Å². The molecule has 1 aliphatic heterocycles. The number of anilines is 2. The fourth-order valence-electron chi connectivity index (χ4n) is 2.90. The summed E-state index contributed by atoms with van der Waals surface area (Å²) >= 11 is 0. The highest BCUT2D eigenvalue weighted by molar-refractivity contribution is 7.93. The molecular formula is C19H22N2O3S. The molecule has 2 aromatic carbocycles. The van der Waals surface area contributed by atoms with Crippen molar-refractivity contribution in [1.82, 2.24) is 0 Å². The highest BCUT2D eigenvalue weighted by atomic mass is 32.2. The van der Waals surface area contributed by atoms with E-state index in [0.29, 0.717) is 37.2 Å². The van der Waals surface area contributed by atoms with Gasteiger partial charge < -0.3 is 5.32 Å². The molecule has 2 aromatic rings. The summed E-state index contributed by atoms with van der Waals surface area (Å²) in [4.78, 5) is 12.2. The zero-order chi connectivity index (χ0) is 17.9. The van der Waals surface area contributed by atoms with Crippen LogP contribution >= 0.6 is 0 Å². The maximum Gasteiger partial charge on any atom is 0.235 e. The van der Waals surface area contributed by atoms with Crippen LogP contribution in [0.1, 0.15) is 24.0 Å². The van der Waals surface area contributed by atoms with E-state index < -0.39 is 10.0 Å². The lowest BCUT2D eigenvalue weighted by Crippen LogP contribution is -2.25. The van der Waals surface area contributed by atoms with E-state index in [0.717, 1.165) is 5.56 Å². The van der Waals surface area contributed by atoms with Crippen LogP contribution in [0.25, 0.3) is 0 Å². The van der Waals surface area contributed by atoms with Crippen molar-refractivity contribution in [2.75, 3.05) is 21.9 Å². The van der Waals surface area contributed by atoms with Gasteiger partial charge in [-0.2, -0.15) is 0 Å². The third-order valence-corrected chi connectivity index (χ3v) is 6.15. The molecule has 0 aromatic heterocycles. The van der Waals surface area contributed by atoms with Crippen molar-refractivity contribution in [2.24, 2.45) is 0 Å². The van der Waals surface area contributed by atoms with Crippen LogP contribution in [0, 0.1) is 6.92 Å². The van der Waals surface area contributed by atoms with Gasteiger partial charge in [0.15, 0.2) is 0 Å². The van der Waals surface area contributed by atoms with Gasteiger partial charge >= 0.3 is 0 Å². The Morgan fingerprint density at radius 1 is 1.16 bits per heavy atom. The average Bonchev–Trinajstić information content (AvgIpc) is 2.94. The molecule has 25 heavy (non-hydrogen) atoms. The molecule has 0 atom stereocenters. The Morgan fingerprint density at radius 2 is 1.92 bits per heavy atom. The quantitative estimate of drug-likeness (QED) is 0.893. The van der Waals surface area contributed by atoms with Gasteiger partial charge in [-0.15, -0.1) is 0 Å². The number of rotatable bonds is 5. The predicted molar refractivity (Wildman–Crippen MR) is 100 cm³/mol. The van der Waals surface area contributed by atoms with Gasteiger partial charge in [0.25, 0.3) is 0 Å². The molecule has 0 saturated carbocycles. The molecule has 5 nitrogen and oxygen atoms in total. The average molecular weight is 358 g/mol. The minimum absolute atomic E-state index is 0.0815. The van der Waals surface area contributed by atoms with E-state index >= 15 is 0 Å². The first-order valence-electron chi connectivity index (χ1n) is 8.40. The minimum atomic E-state index is -3.21. The van der Waals surface area contributed by atoms with Crippen molar-refractivity contribution in [2.45, 2.75) is 26.2 Å². The molecule has 0 bridgehead atoms. The Kier molecular flexibility index (Phi) is 5.08. The molecule has 1 amide bonds. The van der Waals surface area contributed by atoms with Crippen LogP contribution in [-0.4, -0.2) is 26.6 Å². The lowest BCUT2D eigenvalue weighted by Gasteiger charge is -2.17. The van der Waals surface area contributed by atoms with E-state index in [2.05, 4.69) is 5.32 Å². The van der Waals surface area contributed by atoms with Crippen molar-refractivity contribution >= 4 is 27.3 Å². The topological polar surface area (TPSA) is 66.5 Å². The van der Waals surface area contributed by atoms with Gasteiger partial charge in [0.1, 0.15) is 0 Å². The van der Waals surface area contributed by atoms with Crippen LogP contribution in [0.5, 0.6) is 0 Å². The van der Waals surface area contributed by atoms with E-state index in [-0.39, 0.29) is 11.7 Å². The first-order chi connectivity index (χ1) is 11.9. The molecule has 6 heteroatoms. The standard InChI is InChI=1S/C19H22N2O3S/c1-15-6-8-16(9-7-15)10-11-19(22)20-17-4-2-5-18(14-17)21-12-3-13-25(21,23)24/h2,4-9,14H,3,10-13H2,1H3,(H,20,22). The van der Waals surface area contributed by atoms with Crippen LogP contribution in [0.4, 0.5) is 11.4 Å². The largest absolute Gasteiger partial charge is 0.326 e. The minimum Gasteiger partial charge on any atom is -0.326 e. The number of benzene rings is 2. The lowest BCUT2D eigenvalue weighted by atomic mass is 10.1. The highest BCUT2D eigenvalue weighted by Gasteiger charge is 2.28. The van der Waals surface area contributed by atoms with Gasteiger partial charge in [0.2, 0.25) is 15.9 Å². The second-order valence-electron chi connectivity index (χ2n) is 6.33. The maximum absolute atomic E-state index is 12.2. The monoisotopic (exact) mass is 358 g/mol. The van der Waals surface area contributed by atoms with Crippen molar-refractivity contribution in [1.29, 1.82) is 0 Å². The Bertz CT molecular complexity index is 860. The fraction of sp³-hybridized carbons (Fsp3) is 0.316. The summed E-state index contributed by atoms with van der Waals surface area (Å²) in [6.45, 7) is 2.53. The van der Waals surface area contributed by atoms with Crippen LogP contribution in [0.15, 0.2) is 48.5 Å². The molecule has 1 aliphatic rings. The number of carbonyl (C=O) groups is 1. The predicted octanol–water partition coefficient (Wildman–Crippen LogP) is 3.11. The number of sulfonamides is 1. The third-order valence-electron chi connectivity index (χ3n) is 4.28. The van der Waals surface area contributed by atoms with E-state index in [9.17, 15) is 13.2 Å². The zero-order valence-electron chi connectivity index (χ0n) is 14.2. The molecular weight excluding hydrogens is 336 g/mol. The SMILES string of the molecule is Cc1ccc(CCC(=O)Nc2cccc(N3CCCS3(=O)=O)c2)cc1. The summed E-state index contributed by atoms with van der Waals surface area (Å²) in [7, 11) is -3.21. The van der Waals surface area contributed by atoms with E-state index in [4.69, 9.17) is 0 Å². The molecule has 0 spiro atoms. The van der Waals surface area contributed by atoms with Crippen LogP contribution < -0.4 is 9.62 Å². The van der Waals surface area contributed by atoms with Gasteiger partial charge in [0, 0.05) is 18.7 Å². The molecule has 0 unspecified atom stereocenters. The van der Waals surface area contributed by atoms with Gasteiger partial charge in [-0.3, -0.25) is 9.10 Å². The number of hydrogen-bond donors (Lipinski definition) is 1.